The smallest absolute Gasteiger partial charge is 0.191 e. The molecule has 0 amide bonds. The number of hydrogen-bond donors (Lipinski definition) is 3. The normalized spacial score (nSPS) is 12.9. The number of aliphatic imine (C=N–C) groups is 1. The molecule has 0 aliphatic carbocycles. The van der Waals surface area contributed by atoms with Crippen molar-refractivity contribution in [2.24, 2.45) is 4.99 Å². The molecule has 0 saturated carbocycles. The minimum absolute atomic E-state index is 0.0414. The Labute approximate surface area is 118 Å². The predicted molar refractivity (Wildman–Crippen MR) is 77.6 cm³/mol. The van der Waals surface area contributed by atoms with Crippen LogP contribution in [0.1, 0.15) is 13.8 Å². The van der Waals surface area contributed by atoms with Gasteiger partial charge in [0.15, 0.2) is 5.96 Å². The second-order valence-electron chi connectivity index (χ2n) is 4.26. The Hall–Kier alpha value is -1.82. The van der Waals surface area contributed by atoms with Crippen LogP contribution in [0.15, 0.2) is 29.3 Å². The van der Waals surface area contributed by atoms with Gasteiger partial charge in [-0.2, -0.15) is 0 Å². The number of aliphatic hydroxyl groups excluding tert-OH is 1. The number of nitrogens with zero attached hydrogens (tertiary/aromatic N) is 1. The first-order chi connectivity index (χ1) is 9.65. The summed E-state index contributed by atoms with van der Waals surface area (Å²) in [6.07, 6.45) is -0.179. The van der Waals surface area contributed by atoms with Crippen LogP contribution in [0.3, 0.4) is 0 Å². The van der Waals surface area contributed by atoms with Crippen molar-refractivity contribution in [2.75, 3.05) is 26.2 Å². The highest BCUT2D eigenvalue weighted by atomic mass is 19.1. The van der Waals surface area contributed by atoms with Gasteiger partial charge in [-0.15, -0.1) is 0 Å². The van der Waals surface area contributed by atoms with E-state index in [2.05, 4.69) is 15.6 Å². The van der Waals surface area contributed by atoms with Gasteiger partial charge in [-0.05, 0) is 26.0 Å². The van der Waals surface area contributed by atoms with E-state index in [0.29, 0.717) is 24.8 Å². The molecular weight excluding hydrogens is 261 g/mol. The molecule has 0 bridgehead atoms. The number of guanidine groups is 1. The van der Waals surface area contributed by atoms with E-state index in [-0.39, 0.29) is 18.5 Å². The number of nitrogens with one attached hydrogen (secondary N) is 2. The Bertz CT molecular complexity index is 427. The van der Waals surface area contributed by atoms with E-state index >= 15 is 0 Å². The molecule has 0 aliphatic rings. The first-order valence-electron chi connectivity index (χ1n) is 6.71. The summed E-state index contributed by atoms with van der Waals surface area (Å²) in [5, 5.41) is 14.8. The van der Waals surface area contributed by atoms with Gasteiger partial charge in [0.1, 0.15) is 17.7 Å². The minimum atomic E-state index is -0.323. The lowest BCUT2D eigenvalue weighted by molar-refractivity contribution is 0.229. The van der Waals surface area contributed by atoms with Crippen molar-refractivity contribution in [1.82, 2.24) is 10.6 Å². The van der Waals surface area contributed by atoms with E-state index in [1.165, 1.54) is 12.1 Å². The van der Waals surface area contributed by atoms with E-state index in [9.17, 15) is 4.39 Å². The minimum Gasteiger partial charge on any atom is -0.489 e. The summed E-state index contributed by atoms with van der Waals surface area (Å²) in [5.41, 5.74) is 0. The maximum Gasteiger partial charge on any atom is 0.191 e. The Balaban J connectivity index is 2.48. The van der Waals surface area contributed by atoms with Gasteiger partial charge in [-0.3, -0.25) is 0 Å². The molecule has 3 N–H and O–H groups in total. The molecule has 1 rings (SSSR count). The average Bonchev–Trinajstić information content (AvgIpc) is 2.42. The fourth-order valence-electron chi connectivity index (χ4n) is 1.55. The molecule has 0 radical (unpaired) electrons. The summed E-state index contributed by atoms with van der Waals surface area (Å²) < 4.78 is 18.6. The number of halogens is 1. The lowest BCUT2D eigenvalue weighted by Crippen LogP contribution is -2.39. The van der Waals surface area contributed by atoms with Crippen LogP contribution in [0.4, 0.5) is 4.39 Å². The average molecular weight is 283 g/mol. The number of ether oxygens (including phenoxy) is 1. The standard InChI is InChI=1S/C14H22FN3O2/c1-3-16-14(17-7-8-19)18-10-11(2)20-13-6-4-5-12(15)9-13/h4-6,9,11,19H,3,7-8,10H2,1-2H3,(H2,16,17,18). The van der Waals surface area contributed by atoms with E-state index in [0.717, 1.165) is 6.54 Å². The fourth-order valence-corrected chi connectivity index (χ4v) is 1.55. The summed E-state index contributed by atoms with van der Waals surface area (Å²) in [5.74, 6) is 0.786. The summed E-state index contributed by atoms with van der Waals surface area (Å²) >= 11 is 0. The van der Waals surface area contributed by atoms with Crippen LogP contribution in [0.5, 0.6) is 5.75 Å². The molecule has 0 aliphatic heterocycles. The SMILES string of the molecule is CCNC(=NCC(C)Oc1cccc(F)c1)NCCO. The Kier molecular flexibility index (Phi) is 7.42. The maximum absolute atomic E-state index is 13.0. The quantitative estimate of drug-likeness (QED) is 0.518. The van der Waals surface area contributed by atoms with E-state index in [1.807, 2.05) is 13.8 Å². The van der Waals surface area contributed by atoms with Crippen LogP contribution in [-0.4, -0.2) is 43.4 Å². The second kappa shape index (κ2) is 9.14. The summed E-state index contributed by atoms with van der Waals surface area (Å²) in [7, 11) is 0. The highest BCUT2D eigenvalue weighted by molar-refractivity contribution is 5.79. The molecule has 6 heteroatoms. The van der Waals surface area contributed by atoms with E-state index in [1.54, 1.807) is 12.1 Å². The van der Waals surface area contributed by atoms with Crippen molar-refractivity contribution in [1.29, 1.82) is 0 Å². The van der Waals surface area contributed by atoms with Gasteiger partial charge in [0.25, 0.3) is 0 Å². The van der Waals surface area contributed by atoms with Crippen LogP contribution in [0.2, 0.25) is 0 Å². The van der Waals surface area contributed by atoms with Crippen molar-refractivity contribution < 1.29 is 14.2 Å². The number of hydrogen-bond acceptors (Lipinski definition) is 3. The highest BCUT2D eigenvalue weighted by Crippen LogP contribution is 2.13. The zero-order valence-corrected chi connectivity index (χ0v) is 11.9. The third-order valence-corrected chi connectivity index (χ3v) is 2.39. The maximum atomic E-state index is 13.0. The molecule has 0 fully saturated rings. The molecular formula is C14H22FN3O2. The summed E-state index contributed by atoms with van der Waals surface area (Å²) in [6, 6.07) is 6.03. The van der Waals surface area contributed by atoms with E-state index < -0.39 is 0 Å². The van der Waals surface area contributed by atoms with Crippen LogP contribution < -0.4 is 15.4 Å². The second-order valence-corrected chi connectivity index (χ2v) is 4.26. The van der Waals surface area contributed by atoms with Crippen molar-refractivity contribution in [3.05, 3.63) is 30.1 Å². The number of rotatable bonds is 7. The molecule has 1 aromatic carbocycles. The first-order valence-corrected chi connectivity index (χ1v) is 6.71. The molecule has 0 saturated heterocycles. The van der Waals surface area contributed by atoms with Gasteiger partial charge in [0.05, 0.1) is 13.2 Å². The number of benzene rings is 1. The summed E-state index contributed by atoms with van der Waals surface area (Å²) in [6.45, 7) is 5.46. The Morgan fingerprint density at radius 2 is 2.25 bits per heavy atom. The van der Waals surface area contributed by atoms with E-state index in [4.69, 9.17) is 9.84 Å². The van der Waals surface area contributed by atoms with Gasteiger partial charge in [-0.1, -0.05) is 6.07 Å². The summed E-state index contributed by atoms with van der Waals surface area (Å²) in [4.78, 5) is 4.33. The van der Waals surface area contributed by atoms with Gasteiger partial charge >= 0.3 is 0 Å². The zero-order chi connectivity index (χ0) is 14.8. The molecule has 5 nitrogen and oxygen atoms in total. The van der Waals surface area contributed by atoms with Gasteiger partial charge in [0.2, 0.25) is 0 Å². The molecule has 1 aromatic rings. The fraction of sp³-hybridized carbons (Fsp3) is 0.500. The Morgan fingerprint density at radius 3 is 2.90 bits per heavy atom. The van der Waals surface area contributed by atoms with Gasteiger partial charge in [-0.25, -0.2) is 9.38 Å². The topological polar surface area (TPSA) is 65.9 Å². The van der Waals surface area contributed by atoms with Crippen molar-refractivity contribution >= 4 is 5.96 Å². The molecule has 0 spiro atoms. The molecule has 0 aromatic heterocycles. The van der Waals surface area contributed by atoms with Crippen LogP contribution in [0, 0.1) is 5.82 Å². The molecule has 0 heterocycles. The van der Waals surface area contributed by atoms with Gasteiger partial charge in [0, 0.05) is 19.2 Å². The molecule has 112 valence electrons. The van der Waals surface area contributed by atoms with Crippen molar-refractivity contribution in [3.63, 3.8) is 0 Å². The largest absolute Gasteiger partial charge is 0.489 e. The monoisotopic (exact) mass is 283 g/mol. The molecule has 1 unspecified atom stereocenters. The Morgan fingerprint density at radius 1 is 1.45 bits per heavy atom. The zero-order valence-electron chi connectivity index (χ0n) is 11.9. The van der Waals surface area contributed by atoms with Crippen LogP contribution >= 0.6 is 0 Å². The predicted octanol–water partition coefficient (Wildman–Crippen LogP) is 1.14. The third kappa shape index (κ3) is 6.38. The first kappa shape index (κ1) is 16.2. The lowest BCUT2D eigenvalue weighted by Gasteiger charge is -2.14. The van der Waals surface area contributed by atoms with Crippen molar-refractivity contribution in [3.8, 4) is 5.75 Å². The molecule has 20 heavy (non-hydrogen) atoms. The van der Waals surface area contributed by atoms with Crippen LogP contribution in [-0.2, 0) is 0 Å². The molecule has 1 atom stereocenters. The van der Waals surface area contributed by atoms with Crippen molar-refractivity contribution in [2.45, 2.75) is 20.0 Å². The third-order valence-electron chi connectivity index (χ3n) is 2.39. The van der Waals surface area contributed by atoms with Gasteiger partial charge < -0.3 is 20.5 Å². The highest BCUT2D eigenvalue weighted by Gasteiger charge is 2.05. The lowest BCUT2D eigenvalue weighted by atomic mass is 10.3. The number of aliphatic hydroxyl groups is 1. The van der Waals surface area contributed by atoms with Crippen LogP contribution in [0.25, 0.3) is 0 Å².